The topological polar surface area (TPSA) is 29.1 Å². The highest BCUT2D eigenvalue weighted by Gasteiger charge is 2.13. The fourth-order valence-electron chi connectivity index (χ4n) is 3.86. The number of benzene rings is 5. The Labute approximate surface area is 222 Å². The van der Waals surface area contributed by atoms with Gasteiger partial charge in [0.05, 0.1) is 5.02 Å². The van der Waals surface area contributed by atoms with Crippen molar-refractivity contribution in [2.24, 2.45) is 0 Å². The van der Waals surface area contributed by atoms with E-state index in [1.807, 2.05) is 48.5 Å². The highest BCUT2D eigenvalue weighted by Crippen LogP contribution is 2.37. The van der Waals surface area contributed by atoms with Crippen molar-refractivity contribution in [3.8, 4) is 11.1 Å². The third kappa shape index (κ3) is 5.91. The van der Waals surface area contributed by atoms with E-state index in [1.54, 1.807) is 42.5 Å². The second-order valence-corrected chi connectivity index (χ2v) is 9.81. The summed E-state index contributed by atoms with van der Waals surface area (Å²) in [5.74, 6) is -0.755. The normalized spacial score (nSPS) is 10.8. The van der Waals surface area contributed by atoms with Crippen LogP contribution in [0, 0.1) is 11.6 Å². The van der Waals surface area contributed by atoms with E-state index in [0.717, 1.165) is 15.4 Å². The highest BCUT2D eigenvalue weighted by atomic mass is 35.5. The van der Waals surface area contributed by atoms with Crippen LogP contribution in [0.4, 0.5) is 20.2 Å². The molecule has 182 valence electrons. The summed E-state index contributed by atoms with van der Waals surface area (Å²) in [6.45, 7) is 0. The Morgan fingerprint density at radius 3 is 2.11 bits per heavy atom. The predicted octanol–water partition coefficient (Wildman–Crippen LogP) is 9.41. The summed E-state index contributed by atoms with van der Waals surface area (Å²) in [6, 6.07) is 32.6. The summed E-state index contributed by atoms with van der Waals surface area (Å²) in [7, 11) is 0. The first-order valence-electron chi connectivity index (χ1n) is 11.5. The maximum atomic E-state index is 14.1. The van der Waals surface area contributed by atoms with Crippen molar-refractivity contribution in [2.75, 3.05) is 5.32 Å². The van der Waals surface area contributed by atoms with Gasteiger partial charge in [0.1, 0.15) is 11.6 Å². The van der Waals surface area contributed by atoms with Gasteiger partial charge in [0, 0.05) is 37.9 Å². The van der Waals surface area contributed by atoms with Crippen LogP contribution in [-0.2, 0) is 0 Å². The molecule has 0 aliphatic heterocycles. The van der Waals surface area contributed by atoms with Gasteiger partial charge in [-0.2, -0.15) is 0 Å². The van der Waals surface area contributed by atoms with Crippen LogP contribution in [0.2, 0.25) is 5.02 Å². The molecule has 5 aromatic rings. The molecule has 37 heavy (non-hydrogen) atoms. The average Bonchev–Trinajstić information content (AvgIpc) is 2.92. The molecule has 0 saturated carbocycles. The van der Waals surface area contributed by atoms with Gasteiger partial charge in [-0.1, -0.05) is 65.8 Å². The van der Waals surface area contributed by atoms with Gasteiger partial charge in [0.2, 0.25) is 0 Å². The zero-order chi connectivity index (χ0) is 25.8. The number of rotatable bonds is 7. The maximum absolute atomic E-state index is 14.1. The molecule has 0 bridgehead atoms. The average molecular weight is 528 g/mol. The summed E-state index contributed by atoms with van der Waals surface area (Å²) in [5, 5.41) is 3.72. The fraction of sp³-hybridized carbons (Fsp3) is 0. The van der Waals surface area contributed by atoms with Crippen molar-refractivity contribution in [2.45, 2.75) is 9.79 Å². The smallest absolute Gasteiger partial charge is 0.193 e. The first-order valence-corrected chi connectivity index (χ1v) is 12.7. The molecule has 0 unspecified atom stereocenters. The molecule has 6 heteroatoms. The SMILES string of the molecule is O=C(c1ccccc1)c1ccc(Sc2ccc(-c3cc(F)ccc3Nc3ccc(F)cc3)cc2)c(Cl)c1. The molecule has 0 heterocycles. The van der Waals surface area contributed by atoms with Crippen molar-refractivity contribution >= 4 is 40.5 Å². The van der Waals surface area contributed by atoms with E-state index in [2.05, 4.69) is 5.32 Å². The molecule has 0 spiro atoms. The van der Waals surface area contributed by atoms with Gasteiger partial charge in [-0.3, -0.25) is 4.79 Å². The minimum Gasteiger partial charge on any atom is -0.355 e. The Hall–Kier alpha value is -3.93. The van der Waals surface area contributed by atoms with E-state index < -0.39 is 0 Å². The van der Waals surface area contributed by atoms with E-state index in [4.69, 9.17) is 11.6 Å². The van der Waals surface area contributed by atoms with Crippen LogP contribution in [0.15, 0.2) is 125 Å². The molecule has 5 aromatic carbocycles. The Morgan fingerprint density at radius 2 is 1.41 bits per heavy atom. The largest absolute Gasteiger partial charge is 0.355 e. The standard InChI is InChI=1S/C31H20ClF2NOS/c32-28-18-22(31(36)21-4-2-1-3-5-21)8-17-30(28)37-26-14-6-20(7-15-26)27-19-24(34)11-16-29(27)35-25-12-9-23(33)10-13-25/h1-19,35H. The lowest BCUT2D eigenvalue weighted by atomic mass is 10.0. The summed E-state index contributed by atoms with van der Waals surface area (Å²) < 4.78 is 27.4. The Kier molecular flexibility index (Phi) is 7.35. The Balaban J connectivity index is 1.35. The van der Waals surface area contributed by atoms with Crippen LogP contribution in [-0.4, -0.2) is 5.78 Å². The molecule has 2 nitrogen and oxygen atoms in total. The second kappa shape index (κ2) is 11.0. The predicted molar refractivity (Wildman–Crippen MR) is 147 cm³/mol. The molecule has 0 saturated heterocycles. The van der Waals surface area contributed by atoms with Crippen LogP contribution >= 0.6 is 23.4 Å². The van der Waals surface area contributed by atoms with Crippen molar-refractivity contribution in [1.29, 1.82) is 0 Å². The zero-order valence-corrected chi connectivity index (χ0v) is 21.0. The molecule has 0 aliphatic carbocycles. The van der Waals surface area contributed by atoms with E-state index in [1.165, 1.54) is 36.0 Å². The van der Waals surface area contributed by atoms with Crippen molar-refractivity contribution in [1.82, 2.24) is 0 Å². The Bertz CT molecular complexity index is 1560. The van der Waals surface area contributed by atoms with Crippen molar-refractivity contribution in [3.05, 3.63) is 143 Å². The first-order chi connectivity index (χ1) is 18.0. The van der Waals surface area contributed by atoms with Gasteiger partial charge >= 0.3 is 0 Å². The van der Waals surface area contributed by atoms with Gasteiger partial charge in [-0.25, -0.2) is 8.78 Å². The van der Waals surface area contributed by atoms with Crippen LogP contribution in [0.3, 0.4) is 0 Å². The second-order valence-electron chi connectivity index (χ2n) is 8.29. The summed E-state index contributed by atoms with van der Waals surface area (Å²) in [4.78, 5) is 14.5. The number of carbonyl (C=O) groups is 1. The monoisotopic (exact) mass is 527 g/mol. The lowest BCUT2D eigenvalue weighted by Gasteiger charge is -2.13. The van der Waals surface area contributed by atoms with E-state index >= 15 is 0 Å². The van der Waals surface area contributed by atoms with Crippen LogP contribution in [0.1, 0.15) is 15.9 Å². The maximum Gasteiger partial charge on any atom is 0.193 e. The summed E-state index contributed by atoms with van der Waals surface area (Å²) in [5.41, 5.74) is 4.05. The molecule has 0 radical (unpaired) electrons. The van der Waals surface area contributed by atoms with Gasteiger partial charge in [0.25, 0.3) is 0 Å². The number of hydrogen-bond donors (Lipinski definition) is 1. The van der Waals surface area contributed by atoms with Crippen LogP contribution in [0.25, 0.3) is 11.1 Å². The van der Waals surface area contributed by atoms with Crippen LogP contribution in [0.5, 0.6) is 0 Å². The molecular weight excluding hydrogens is 508 g/mol. The third-order valence-electron chi connectivity index (χ3n) is 5.73. The fourth-order valence-corrected chi connectivity index (χ4v) is 4.98. The number of hydrogen-bond acceptors (Lipinski definition) is 3. The third-order valence-corrected chi connectivity index (χ3v) is 7.24. The molecule has 0 atom stereocenters. The van der Waals surface area contributed by atoms with Crippen molar-refractivity contribution in [3.63, 3.8) is 0 Å². The molecule has 0 fully saturated rings. The lowest BCUT2D eigenvalue weighted by Crippen LogP contribution is -2.00. The summed E-state index contributed by atoms with van der Waals surface area (Å²) >= 11 is 7.99. The summed E-state index contributed by atoms with van der Waals surface area (Å²) in [6.07, 6.45) is 0. The Morgan fingerprint density at radius 1 is 0.703 bits per heavy atom. The number of anilines is 2. The lowest BCUT2D eigenvalue weighted by molar-refractivity contribution is 0.103. The van der Waals surface area contributed by atoms with Gasteiger partial charge in [-0.15, -0.1) is 0 Å². The van der Waals surface area contributed by atoms with Gasteiger partial charge in [0.15, 0.2) is 5.78 Å². The molecule has 0 aromatic heterocycles. The van der Waals surface area contributed by atoms with Gasteiger partial charge < -0.3 is 5.32 Å². The molecular formula is C31H20ClF2NOS. The number of nitrogens with one attached hydrogen (secondary N) is 1. The minimum absolute atomic E-state index is 0.0800. The van der Waals surface area contributed by atoms with Gasteiger partial charge in [-0.05, 0) is 78.4 Å². The van der Waals surface area contributed by atoms with Crippen LogP contribution < -0.4 is 5.32 Å². The van der Waals surface area contributed by atoms with Crippen molar-refractivity contribution < 1.29 is 13.6 Å². The molecule has 0 amide bonds. The van der Waals surface area contributed by atoms with E-state index in [-0.39, 0.29) is 17.4 Å². The first kappa shape index (κ1) is 24.8. The highest BCUT2D eigenvalue weighted by molar-refractivity contribution is 7.99. The number of carbonyl (C=O) groups excluding carboxylic acids is 1. The molecule has 0 aliphatic rings. The number of ketones is 1. The van der Waals surface area contributed by atoms with E-state index in [0.29, 0.717) is 33.1 Å². The molecule has 5 rings (SSSR count). The van der Waals surface area contributed by atoms with E-state index in [9.17, 15) is 13.6 Å². The molecule has 1 N–H and O–H groups in total. The number of halogens is 3. The quantitative estimate of drug-likeness (QED) is 0.214. The minimum atomic E-state index is -0.352. The zero-order valence-electron chi connectivity index (χ0n) is 19.4.